The van der Waals surface area contributed by atoms with Crippen molar-refractivity contribution in [2.75, 3.05) is 0 Å². The Morgan fingerprint density at radius 2 is 0.863 bits per heavy atom. The molecule has 0 unspecified atom stereocenters. The molecule has 2 nitrogen and oxygen atoms in total. The van der Waals surface area contributed by atoms with Crippen molar-refractivity contribution >= 4 is 108 Å². The molecule has 0 amide bonds. The molecule has 3 heterocycles. The molecular weight excluding hydrogens is 641 g/mol. The van der Waals surface area contributed by atoms with Crippen LogP contribution in [0.5, 0.6) is 0 Å². The highest BCUT2D eigenvalue weighted by Crippen LogP contribution is 2.47. The van der Waals surface area contributed by atoms with Gasteiger partial charge in [-0.05, 0) is 103 Å². The molecular formula is C48H26O2S. The van der Waals surface area contributed by atoms with Crippen LogP contribution in [0.3, 0.4) is 0 Å². The number of fused-ring (bicyclic) bond motifs is 14. The average molecular weight is 667 g/mol. The average Bonchev–Trinajstić information content (AvgIpc) is 3.88. The summed E-state index contributed by atoms with van der Waals surface area (Å²) in [7, 11) is 0. The predicted octanol–water partition coefficient (Wildman–Crippen LogP) is 14.6. The minimum Gasteiger partial charge on any atom is -0.452 e. The third-order valence-electron chi connectivity index (χ3n) is 10.9. The van der Waals surface area contributed by atoms with Crippen LogP contribution in [0, 0.1) is 0 Å². The van der Waals surface area contributed by atoms with Crippen LogP contribution in [0.25, 0.3) is 119 Å². The highest BCUT2D eigenvalue weighted by molar-refractivity contribution is 7.25. The maximum atomic E-state index is 6.62. The molecule has 0 fully saturated rings. The number of benzene rings is 9. The van der Waals surface area contributed by atoms with Crippen LogP contribution >= 0.6 is 11.3 Å². The van der Waals surface area contributed by atoms with Crippen LogP contribution in [0.4, 0.5) is 0 Å². The highest BCUT2D eigenvalue weighted by Gasteiger charge is 2.21. The molecule has 0 atom stereocenters. The van der Waals surface area contributed by atoms with Gasteiger partial charge in [-0.2, -0.15) is 0 Å². The van der Waals surface area contributed by atoms with Crippen LogP contribution in [0.2, 0.25) is 0 Å². The molecule has 9 aromatic carbocycles. The molecule has 0 aliphatic carbocycles. The molecule has 12 rings (SSSR count). The molecule has 3 aromatic heterocycles. The quantitative estimate of drug-likeness (QED) is 0.172. The molecule has 0 aliphatic rings. The Morgan fingerprint density at radius 3 is 1.61 bits per heavy atom. The monoisotopic (exact) mass is 666 g/mol. The lowest BCUT2D eigenvalue weighted by Crippen LogP contribution is -1.90. The Kier molecular flexibility index (Phi) is 5.41. The zero-order valence-corrected chi connectivity index (χ0v) is 28.1. The van der Waals surface area contributed by atoms with E-state index in [1.54, 1.807) is 0 Å². The lowest BCUT2D eigenvalue weighted by molar-refractivity contribution is 0.633. The first-order chi connectivity index (χ1) is 25.3. The van der Waals surface area contributed by atoms with Gasteiger partial charge in [0.15, 0.2) is 11.2 Å². The van der Waals surface area contributed by atoms with Gasteiger partial charge in [0, 0.05) is 41.7 Å². The second-order valence-electron chi connectivity index (χ2n) is 13.5. The molecule has 12 aromatic rings. The van der Waals surface area contributed by atoms with Gasteiger partial charge in [-0.1, -0.05) is 109 Å². The van der Waals surface area contributed by atoms with Crippen LogP contribution in [-0.2, 0) is 0 Å². The zero-order valence-electron chi connectivity index (χ0n) is 27.2. The minimum atomic E-state index is 0.793. The molecule has 0 aliphatic heterocycles. The Labute approximate surface area is 295 Å². The van der Waals surface area contributed by atoms with E-state index in [1.165, 1.54) is 74.7 Å². The van der Waals surface area contributed by atoms with E-state index in [1.807, 2.05) is 11.3 Å². The van der Waals surface area contributed by atoms with E-state index in [0.717, 1.165) is 43.9 Å². The molecule has 51 heavy (non-hydrogen) atoms. The number of thiophene rings is 1. The first-order valence-corrected chi connectivity index (χ1v) is 18.1. The SMILES string of the molecule is c1ccc2c(c1)ccc1oc3c(ccc4c5cc(-c6c7ccccc7c(-c7ccc8sc9ccccc9c8c7)c7ccccc67)ccc5oc43)c12. The van der Waals surface area contributed by atoms with Gasteiger partial charge < -0.3 is 8.83 Å². The van der Waals surface area contributed by atoms with Gasteiger partial charge in [0.2, 0.25) is 0 Å². The van der Waals surface area contributed by atoms with Crippen LogP contribution in [0.15, 0.2) is 167 Å². The Morgan fingerprint density at radius 1 is 0.333 bits per heavy atom. The molecule has 3 heteroatoms. The summed E-state index contributed by atoms with van der Waals surface area (Å²) >= 11 is 1.86. The molecule has 0 bridgehead atoms. The first kappa shape index (κ1) is 27.4. The van der Waals surface area contributed by atoms with Gasteiger partial charge >= 0.3 is 0 Å². The number of hydrogen-bond donors (Lipinski definition) is 0. The number of rotatable bonds is 2. The fourth-order valence-corrected chi connectivity index (χ4v) is 9.71. The smallest absolute Gasteiger partial charge is 0.178 e. The fourth-order valence-electron chi connectivity index (χ4n) is 8.63. The van der Waals surface area contributed by atoms with E-state index in [-0.39, 0.29) is 0 Å². The van der Waals surface area contributed by atoms with Gasteiger partial charge in [-0.25, -0.2) is 0 Å². The third kappa shape index (κ3) is 3.76. The van der Waals surface area contributed by atoms with E-state index in [2.05, 4.69) is 158 Å². The summed E-state index contributed by atoms with van der Waals surface area (Å²) in [5, 5.41) is 14.4. The minimum absolute atomic E-state index is 0.793. The van der Waals surface area contributed by atoms with Crippen molar-refractivity contribution in [2.24, 2.45) is 0 Å². The summed E-state index contributed by atoms with van der Waals surface area (Å²) in [6, 6.07) is 57.2. The maximum Gasteiger partial charge on any atom is 0.178 e. The fraction of sp³-hybridized carbons (Fsp3) is 0. The lowest BCUT2D eigenvalue weighted by Gasteiger charge is -2.18. The van der Waals surface area contributed by atoms with E-state index < -0.39 is 0 Å². The van der Waals surface area contributed by atoms with Gasteiger partial charge in [-0.15, -0.1) is 11.3 Å². The van der Waals surface area contributed by atoms with Crippen molar-refractivity contribution in [3.63, 3.8) is 0 Å². The van der Waals surface area contributed by atoms with Crippen molar-refractivity contribution in [2.45, 2.75) is 0 Å². The number of hydrogen-bond acceptors (Lipinski definition) is 3. The molecule has 236 valence electrons. The van der Waals surface area contributed by atoms with Crippen molar-refractivity contribution < 1.29 is 8.83 Å². The van der Waals surface area contributed by atoms with E-state index in [4.69, 9.17) is 8.83 Å². The van der Waals surface area contributed by atoms with Crippen LogP contribution < -0.4 is 0 Å². The Balaban J connectivity index is 1.11. The Hall–Kier alpha value is -6.42. The maximum absolute atomic E-state index is 6.62. The normalized spacial score (nSPS) is 12.3. The molecule has 0 saturated carbocycles. The van der Waals surface area contributed by atoms with Crippen molar-refractivity contribution in [3.05, 3.63) is 158 Å². The molecule has 0 radical (unpaired) electrons. The summed E-state index contributed by atoms with van der Waals surface area (Å²) in [5.74, 6) is 0. The standard InChI is InChI=1S/C48H26O2S/c1-2-10-30-27(9-1)17-23-41-46(30)37-21-20-36-38-25-28(18-22-40(38)49-47(36)48(37)50-41)44-32-12-3-5-14-34(32)45(35-15-6-4-13-33(35)44)29-19-24-43-39(26-29)31-11-7-8-16-42(31)51-43/h1-26H. The largest absolute Gasteiger partial charge is 0.452 e. The zero-order chi connectivity index (χ0) is 33.2. The second kappa shape index (κ2) is 10.1. The summed E-state index contributed by atoms with van der Waals surface area (Å²) in [4.78, 5) is 0. The molecule has 0 N–H and O–H groups in total. The Bertz CT molecular complexity index is 3370. The third-order valence-corrected chi connectivity index (χ3v) is 12.0. The van der Waals surface area contributed by atoms with Crippen molar-refractivity contribution in [1.29, 1.82) is 0 Å². The highest BCUT2D eigenvalue weighted by atomic mass is 32.1. The second-order valence-corrected chi connectivity index (χ2v) is 14.6. The summed E-state index contributed by atoms with van der Waals surface area (Å²) in [6.45, 7) is 0. The predicted molar refractivity (Wildman–Crippen MR) is 217 cm³/mol. The van der Waals surface area contributed by atoms with E-state index in [9.17, 15) is 0 Å². The first-order valence-electron chi connectivity index (χ1n) is 17.3. The molecule has 0 spiro atoms. The van der Waals surface area contributed by atoms with Gasteiger partial charge in [0.25, 0.3) is 0 Å². The van der Waals surface area contributed by atoms with E-state index in [0.29, 0.717) is 0 Å². The molecule has 0 saturated heterocycles. The van der Waals surface area contributed by atoms with Crippen LogP contribution in [0.1, 0.15) is 0 Å². The van der Waals surface area contributed by atoms with Gasteiger partial charge in [0.1, 0.15) is 11.2 Å². The van der Waals surface area contributed by atoms with Crippen LogP contribution in [-0.4, -0.2) is 0 Å². The van der Waals surface area contributed by atoms with E-state index >= 15 is 0 Å². The van der Waals surface area contributed by atoms with Crippen molar-refractivity contribution in [3.8, 4) is 22.3 Å². The summed E-state index contributed by atoms with van der Waals surface area (Å²) in [5.41, 5.74) is 8.24. The summed E-state index contributed by atoms with van der Waals surface area (Å²) < 4.78 is 15.8. The lowest BCUT2D eigenvalue weighted by atomic mass is 9.85. The summed E-state index contributed by atoms with van der Waals surface area (Å²) in [6.07, 6.45) is 0. The van der Waals surface area contributed by atoms with Crippen molar-refractivity contribution in [1.82, 2.24) is 0 Å². The van der Waals surface area contributed by atoms with Gasteiger partial charge in [0.05, 0.1) is 0 Å². The topological polar surface area (TPSA) is 26.3 Å². The number of furan rings is 2. The van der Waals surface area contributed by atoms with Gasteiger partial charge in [-0.3, -0.25) is 0 Å².